The maximum atomic E-state index is 12.6. The molecule has 2 heterocycles. The van der Waals surface area contributed by atoms with Gasteiger partial charge in [-0.05, 0) is 37.8 Å². The van der Waals surface area contributed by atoms with Gasteiger partial charge in [-0.2, -0.15) is 0 Å². The Hall–Kier alpha value is -2.43. The van der Waals surface area contributed by atoms with Crippen LogP contribution in [0.1, 0.15) is 49.1 Å². The summed E-state index contributed by atoms with van der Waals surface area (Å²) in [5.74, 6) is 0.715. The highest BCUT2D eigenvalue weighted by molar-refractivity contribution is 5.83. The topological polar surface area (TPSA) is 58.1 Å². The smallest absolute Gasteiger partial charge is 0.227 e. The van der Waals surface area contributed by atoms with Gasteiger partial charge in [0.1, 0.15) is 0 Å². The van der Waals surface area contributed by atoms with Gasteiger partial charge in [0.2, 0.25) is 11.9 Å². The molecule has 0 saturated carbocycles. The highest BCUT2D eigenvalue weighted by Gasteiger charge is 2.19. The molecule has 1 N–H and O–H groups in total. The van der Waals surface area contributed by atoms with Crippen LogP contribution in [-0.4, -0.2) is 29.0 Å². The first-order valence-electron chi connectivity index (χ1n) is 9.09. The van der Waals surface area contributed by atoms with Crippen molar-refractivity contribution in [3.8, 4) is 0 Å². The zero-order valence-corrected chi connectivity index (χ0v) is 15.0. The highest BCUT2D eigenvalue weighted by Crippen LogP contribution is 2.20. The number of hydrogen-bond donors (Lipinski definition) is 1. The Morgan fingerprint density at radius 3 is 2.60 bits per heavy atom. The van der Waals surface area contributed by atoms with E-state index in [1.165, 1.54) is 12.8 Å². The van der Waals surface area contributed by atoms with E-state index in [2.05, 4.69) is 20.2 Å². The minimum Gasteiger partial charge on any atom is -0.350 e. The van der Waals surface area contributed by atoms with Crippen LogP contribution < -0.4 is 10.2 Å². The summed E-state index contributed by atoms with van der Waals surface area (Å²) in [7, 11) is 0. The summed E-state index contributed by atoms with van der Waals surface area (Å²) >= 11 is 0. The van der Waals surface area contributed by atoms with Crippen LogP contribution in [0, 0.1) is 6.92 Å². The van der Waals surface area contributed by atoms with Crippen molar-refractivity contribution in [1.29, 1.82) is 0 Å². The zero-order valence-electron chi connectivity index (χ0n) is 15.0. The molecule has 1 aromatic carbocycles. The minimum absolute atomic E-state index is 0.0488. The number of amides is 1. The van der Waals surface area contributed by atoms with Crippen LogP contribution in [0.2, 0.25) is 0 Å². The maximum absolute atomic E-state index is 12.6. The monoisotopic (exact) mass is 338 g/mol. The second kappa shape index (κ2) is 8.10. The molecule has 1 aromatic heterocycles. The van der Waals surface area contributed by atoms with Crippen LogP contribution >= 0.6 is 0 Å². The molecule has 0 aliphatic carbocycles. The Kier molecular flexibility index (Phi) is 5.64. The van der Waals surface area contributed by atoms with Crippen LogP contribution in [0.25, 0.3) is 0 Å². The Bertz CT molecular complexity index is 711. The summed E-state index contributed by atoms with van der Waals surface area (Å²) in [5, 5.41) is 3.05. The molecule has 1 saturated heterocycles. The molecule has 0 spiro atoms. The van der Waals surface area contributed by atoms with Crippen molar-refractivity contribution in [2.45, 2.75) is 45.6 Å². The molecule has 2 aromatic rings. The quantitative estimate of drug-likeness (QED) is 0.879. The standard InChI is InChI=1S/C20H26N4O/c1-3-18(16-9-5-4-6-10-16)19(25)21-14-17-13-15(2)22-20(23-17)24-11-7-8-12-24/h4-6,9-10,13,18H,3,7-8,11-12,14H2,1-2H3,(H,21,25)/t18-/m1/s1. The van der Waals surface area contributed by atoms with Gasteiger partial charge in [0.15, 0.2) is 0 Å². The number of aryl methyl sites for hydroxylation is 1. The number of hydrogen-bond acceptors (Lipinski definition) is 4. The van der Waals surface area contributed by atoms with Gasteiger partial charge < -0.3 is 10.2 Å². The molecule has 0 bridgehead atoms. The average molecular weight is 338 g/mol. The van der Waals surface area contributed by atoms with E-state index in [-0.39, 0.29) is 11.8 Å². The molecule has 3 rings (SSSR count). The third-order valence-corrected chi connectivity index (χ3v) is 4.65. The van der Waals surface area contributed by atoms with E-state index >= 15 is 0 Å². The first-order chi connectivity index (χ1) is 12.2. The van der Waals surface area contributed by atoms with E-state index in [0.29, 0.717) is 6.54 Å². The lowest BCUT2D eigenvalue weighted by molar-refractivity contribution is -0.122. The van der Waals surface area contributed by atoms with Gasteiger partial charge >= 0.3 is 0 Å². The van der Waals surface area contributed by atoms with Crippen molar-refractivity contribution >= 4 is 11.9 Å². The van der Waals surface area contributed by atoms with Gasteiger partial charge in [0, 0.05) is 18.8 Å². The average Bonchev–Trinajstić information content (AvgIpc) is 3.16. The van der Waals surface area contributed by atoms with Crippen LogP contribution in [0.15, 0.2) is 36.4 Å². The molecule has 1 amide bonds. The first kappa shape index (κ1) is 17.4. The van der Waals surface area contributed by atoms with Crippen molar-refractivity contribution in [1.82, 2.24) is 15.3 Å². The molecule has 132 valence electrons. The molecular weight excluding hydrogens is 312 g/mol. The van der Waals surface area contributed by atoms with Gasteiger partial charge in [-0.1, -0.05) is 37.3 Å². The number of carbonyl (C=O) groups excluding carboxylic acids is 1. The number of nitrogens with one attached hydrogen (secondary N) is 1. The predicted octanol–water partition coefficient (Wildman–Crippen LogP) is 3.20. The molecule has 1 atom stereocenters. The number of rotatable bonds is 6. The Morgan fingerprint density at radius 1 is 1.20 bits per heavy atom. The lowest BCUT2D eigenvalue weighted by Gasteiger charge is -2.18. The van der Waals surface area contributed by atoms with E-state index in [1.807, 2.05) is 50.2 Å². The van der Waals surface area contributed by atoms with E-state index < -0.39 is 0 Å². The van der Waals surface area contributed by atoms with Gasteiger partial charge in [0.25, 0.3) is 0 Å². The van der Waals surface area contributed by atoms with Crippen LogP contribution in [0.5, 0.6) is 0 Å². The number of aromatic nitrogens is 2. The normalized spacial score (nSPS) is 15.2. The molecule has 5 nitrogen and oxygen atoms in total. The minimum atomic E-state index is -0.123. The van der Waals surface area contributed by atoms with Crippen LogP contribution in [0.4, 0.5) is 5.95 Å². The molecule has 1 aliphatic heterocycles. The van der Waals surface area contributed by atoms with E-state index in [4.69, 9.17) is 0 Å². The molecule has 25 heavy (non-hydrogen) atoms. The zero-order chi connectivity index (χ0) is 17.6. The van der Waals surface area contributed by atoms with Gasteiger partial charge in [-0.3, -0.25) is 4.79 Å². The number of benzene rings is 1. The number of carbonyl (C=O) groups is 1. The fourth-order valence-electron chi connectivity index (χ4n) is 3.32. The van der Waals surface area contributed by atoms with Crippen LogP contribution in [0.3, 0.4) is 0 Å². The van der Waals surface area contributed by atoms with Gasteiger partial charge in [-0.15, -0.1) is 0 Å². The van der Waals surface area contributed by atoms with E-state index in [1.54, 1.807) is 0 Å². The highest BCUT2D eigenvalue weighted by atomic mass is 16.1. The summed E-state index contributed by atoms with van der Waals surface area (Å²) in [6, 6.07) is 11.9. The fourth-order valence-corrected chi connectivity index (χ4v) is 3.32. The van der Waals surface area contributed by atoms with Crippen molar-refractivity contribution in [3.05, 3.63) is 53.3 Å². The van der Waals surface area contributed by atoms with Crippen molar-refractivity contribution < 1.29 is 4.79 Å². The molecule has 0 radical (unpaired) electrons. The number of anilines is 1. The van der Waals surface area contributed by atoms with Crippen LogP contribution in [-0.2, 0) is 11.3 Å². The second-order valence-electron chi connectivity index (χ2n) is 6.58. The van der Waals surface area contributed by atoms with Crippen molar-refractivity contribution in [3.63, 3.8) is 0 Å². The molecule has 5 heteroatoms. The van der Waals surface area contributed by atoms with Gasteiger partial charge in [-0.25, -0.2) is 9.97 Å². The Morgan fingerprint density at radius 2 is 1.92 bits per heavy atom. The third kappa shape index (κ3) is 4.35. The summed E-state index contributed by atoms with van der Waals surface area (Å²) in [4.78, 5) is 24.0. The molecule has 1 aliphatic rings. The van der Waals surface area contributed by atoms with Crippen molar-refractivity contribution in [2.24, 2.45) is 0 Å². The molecule has 1 fully saturated rings. The fraction of sp³-hybridized carbons (Fsp3) is 0.450. The van der Waals surface area contributed by atoms with E-state index in [9.17, 15) is 4.79 Å². The largest absolute Gasteiger partial charge is 0.350 e. The lowest BCUT2D eigenvalue weighted by Crippen LogP contribution is -2.29. The predicted molar refractivity (Wildman–Crippen MR) is 99.5 cm³/mol. The van der Waals surface area contributed by atoms with Crippen molar-refractivity contribution in [2.75, 3.05) is 18.0 Å². The summed E-state index contributed by atoms with van der Waals surface area (Å²) in [5.41, 5.74) is 2.86. The maximum Gasteiger partial charge on any atom is 0.227 e. The molecule has 0 unspecified atom stereocenters. The summed E-state index contributed by atoms with van der Waals surface area (Å²) in [6.07, 6.45) is 3.16. The lowest BCUT2D eigenvalue weighted by atomic mass is 9.96. The number of nitrogens with zero attached hydrogens (tertiary/aromatic N) is 3. The SMILES string of the molecule is CC[C@@H](C(=O)NCc1cc(C)nc(N2CCCC2)n1)c1ccccc1. The van der Waals surface area contributed by atoms with Gasteiger partial charge in [0.05, 0.1) is 18.2 Å². The van der Waals surface area contributed by atoms with E-state index in [0.717, 1.165) is 42.4 Å². The third-order valence-electron chi connectivity index (χ3n) is 4.65. The summed E-state index contributed by atoms with van der Waals surface area (Å²) in [6.45, 7) is 6.48. The first-order valence-corrected chi connectivity index (χ1v) is 9.09. The Balaban J connectivity index is 1.67. The Labute approximate surface area is 149 Å². The molecular formula is C20H26N4O. The second-order valence-corrected chi connectivity index (χ2v) is 6.58. The summed E-state index contributed by atoms with van der Waals surface area (Å²) < 4.78 is 0.